The Balaban J connectivity index is 2.13. The van der Waals surface area contributed by atoms with E-state index in [1.807, 2.05) is 0 Å². The van der Waals surface area contributed by atoms with E-state index in [4.69, 9.17) is 11.6 Å². The molecular weight excluding hydrogens is 469 g/mol. The van der Waals surface area contributed by atoms with Crippen LogP contribution in [-0.2, 0) is 26.2 Å². The number of nitrogens with zero attached hydrogens (tertiary/aromatic N) is 2. The van der Waals surface area contributed by atoms with Crippen molar-refractivity contribution >= 4 is 39.1 Å². The molecule has 10 heteroatoms. The molecule has 0 saturated carbocycles. The van der Waals surface area contributed by atoms with Gasteiger partial charge >= 0.3 is 0 Å². The van der Waals surface area contributed by atoms with Gasteiger partial charge in [-0.2, -0.15) is 0 Å². The molecule has 1 atom stereocenters. The second-order valence-corrected chi connectivity index (χ2v) is 9.98. The van der Waals surface area contributed by atoms with E-state index in [1.54, 1.807) is 50.2 Å². The summed E-state index contributed by atoms with van der Waals surface area (Å²) in [6.07, 6.45) is 1.38. The van der Waals surface area contributed by atoms with Gasteiger partial charge in [0.15, 0.2) is 0 Å². The zero-order chi connectivity index (χ0) is 24.6. The molecule has 0 saturated heterocycles. The van der Waals surface area contributed by atoms with Crippen molar-refractivity contribution in [3.05, 3.63) is 64.9 Å². The normalized spacial score (nSPS) is 12.2. The van der Waals surface area contributed by atoms with E-state index < -0.39 is 21.9 Å². The molecular formula is C23H29ClFN3O4S. The van der Waals surface area contributed by atoms with Crippen LogP contribution in [0.3, 0.4) is 0 Å². The third-order valence-electron chi connectivity index (χ3n) is 5.05. The molecule has 2 amide bonds. The molecule has 0 aromatic heterocycles. The summed E-state index contributed by atoms with van der Waals surface area (Å²) >= 11 is 5.89. The van der Waals surface area contributed by atoms with Gasteiger partial charge < -0.3 is 10.2 Å². The Morgan fingerprint density at radius 3 is 2.24 bits per heavy atom. The Morgan fingerprint density at radius 1 is 1.09 bits per heavy atom. The first-order valence-corrected chi connectivity index (χ1v) is 12.8. The van der Waals surface area contributed by atoms with Crippen LogP contribution >= 0.6 is 11.6 Å². The van der Waals surface area contributed by atoms with Gasteiger partial charge in [-0.15, -0.1) is 0 Å². The summed E-state index contributed by atoms with van der Waals surface area (Å²) in [5.74, 6) is -0.994. The van der Waals surface area contributed by atoms with E-state index in [1.165, 1.54) is 21.3 Å². The van der Waals surface area contributed by atoms with Crippen LogP contribution in [0.4, 0.5) is 10.1 Å². The first-order valence-electron chi connectivity index (χ1n) is 10.6. The minimum absolute atomic E-state index is 0.0323. The van der Waals surface area contributed by atoms with Crippen LogP contribution < -0.4 is 9.62 Å². The summed E-state index contributed by atoms with van der Waals surface area (Å²) < 4.78 is 39.0. The number of nitrogens with one attached hydrogen (secondary N) is 1. The minimum Gasteiger partial charge on any atom is -0.355 e. The average Bonchev–Trinajstić information content (AvgIpc) is 2.76. The molecule has 1 N–H and O–H groups in total. The first kappa shape index (κ1) is 26.6. The van der Waals surface area contributed by atoms with Gasteiger partial charge in [0.1, 0.15) is 11.9 Å². The van der Waals surface area contributed by atoms with Gasteiger partial charge in [0.05, 0.1) is 11.9 Å². The summed E-state index contributed by atoms with van der Waals surface area (Å²) in [7, 11) is -3.57. The van der Waals surface area contributed by atoms with Crippen molar-refractivity contribution in [2.24, 2.45) is 0 Å². The molecule has 0 bridgehead atoms. The molecule has 2 aromatic rings. The Bertz CT molecular complexity index is 1050. The zero-order valence-electron chi connectivity index (χ0n) is 18.9. The van der Waals surface area contributed by atoms with Crippen molar-refractivity contribution < 1.29 is 22.4 Å². The van der Waals surface area contributed by atoms with Crippen molar-refractivity contribution in [1.82, 2.24) is 10.2 Å². The number of carbonyl (C=O) groups is 2. The lowest BCUT2D eigenvalue weighted by molar-refractivity contribution is -0.140. The second-order valence-electron chi connectivity index (χ2n) is 7.63. The van der Waals surface area contributed by atoms with Gasteiger partial charge in [-0.05, 0) is 62.2 Å². The Hall–Kier alpha value is -2.65. The number of anilines is 1. The molecule has 2 aromatic carbocycles. The lowest BCUT2D eigenvalue weighted by Crippen LogP contribution is -2.47. The van der Waals surface area contributed by atoms with E-state index in [-0.39, 0.29) is 37.7 Å². The predicted molar refractivity (Wildman–Crippen MR) is 128 cm³/mol. The monoisotopic (exact) mass is 497 g/mol. The fraction of sp³-hybridized carbons (Fsp3) is 0.391. The van der Waals surface area contributed by atoms with Crippen molar-refractivity contribution in [3.8, 4) is 0 Å². The van der Waals surface area contributed by atoms with Crippen molar-refractivity contribution in [2.75, 3.05) is 23.7 Å². The second kappa shape index (κ2) is 12.0. The number of rotatable bonds is 11. The van der Waals surface area contributed by atoms with E-state index in [0.717, 1.165) is 6.26 Å². The summed E-state index contributed by atoms with van der Waals surface area (Å²) in [6, 6.07) is 11.4. The molecule has 7 nitrogen and oxygen atoms in total. The Morgan fingerprint density at radius 2 is 1.70 bits per heavy atom. The molecule has 2 rings (SSSR count). The van der Waals surface area contributed by atoms with Gasteiger partial charge in [-0.25, -0.2) is 12.8 Å². The highest BCUT2D eigenvalue weighted by molar-refractivity contribution is 7.92. The Labute approximate surface area is 199 Å². The van der Waals surface area contributed by atoms with E-state index in [9.17, 15) is 22.4 Å². The smallest absolute Gasteiger partial charge is 0.242 e. The number of hydrogen-bond donors (Lipinski definition) is 1. The molecule has 0 aliphatic heterocycles. The van der Waals surface area contributed by atoms with Crippen molar-refractivity contribution in [1.29, 1.82) is 0 Å². The number of carbonyl (C=O) groups excluding carboxylic acids is 2. The average molecular weight is 498 g/mol. The molecule has 0 aliphatic rings. The maximum absolute atomic E-state index is 13.3. The van der Waals surface area contributed by atoms with E-state index in [2.05, 4.69) is 5.32 Å². The quantitative estimate of drug-likeness (QED) is 0.514. The molecule has 0 fully saturated rings. The van der Waals surface area contributed by atoms with Crippen LogP contribution in [-0.4, -0.2) is 50.5 Å². The van der Waals surface area contributed by atoms with Gasteiger partial charge in [0, 0.05) is 31.1 Å². The molecule has 0 radical (unpaired) electrons. The fourth-order valence-electron chi connectivity index (χ4n) is 3.30. The molecule has 0 heterocycles. The third-order valence-corrected chi connectivity index (χ3v) is 6.50. The number of sulfonamides is 1. The third kappa shape index (κ3) is 8.01. The van der Waals surface area contributed by atoms with Crippen LogP contribution in [0.1, 0.15) is 32.3 Å². The van der Waals surface area contributed by atoms with Gasteiger partial charge in [-0.1, -0.05) is 23.7 Å². The number of hydrogen-bond acceptors (Lipinski definition) is 4. The highest BCUT2D eigenvalue weighted by atomic mass is 35.5. The molecule has 0 spiro atoms. The van der Waals surface area contributed by atoms with Crippen LogP contribution in [0.2, 0.25) is 5.02 Å². The van der Waals surface area contributed by atoms with Gasteiger partial charge in [0.25, 0.3) is 0 Å². The lowest BCUT2D eigenvalue weighted by atomic mass is 10.1. The molecule has 33 heavy (non-hydrogen) atoms. The Kier molecular flexibility index (Phi) is 9.67. The summed E-state index contributed by atoms with van der Waals surface area (Å²) in [5, 5.41) is 3.19. The minimum atomic E-state index is -3.57. The molecule has 180 valence electrons. The van der Waals surface area contributed by atoms with Crippen LogP contribution in [0.25, 0.3) is 0 Å². The van der Waals surface area contributed by atoms with Crippen LogP contribution in [0.5, 0.6) is 0 Å². The molecule has 1 unspecified atom stereocenters. The van der Waals surface area contributed by atoms with Crippen molar-refractivity contribution in [2.45, 2.75) is 39.3 Å². The lowest BCUT2D eigenvalue weighted by Gasteiger charge is -2.29. The van der Waals surface area contributed by atoms with Crippen LogP contribution in [0.15, 0.2) is 48.5 Å². The van der Waals surface area contributed by atoms with Crippen LogP contribution in [0, 0.1) is 5.82 Å². The topological polar surface area (TPSA) is 86.8 Å². The molecule has 0 aliphatic carbocycles. The standard InChI is InChI=1S/C23H29ClFN3O4S/c1-4-26-23(30)17(2)27(16-18-7-11-20(25)12-8-18)22(29)6-5-15-28(33(3,31)32)21-13-9-19(24)10-14-21/h7-14,17H,4-6,15-16H2,1-3H3,(H,26,30). The maximum Gasteiger partial charge on any atom is 0.242 e. The fourth-order valence-corrected chi connectivity index (χ4v) is 4.39. The number of halogens is 2. The highest BCUT2D eigenvalue weighted by Gasteiger charge is 2.26. The van der Waals surface area contributed by atoms with Gasteiger partial charge in [-0.3, -0.25) is 13.9 Å². The summed E-state index contributed by atoms with van der Waals surface area (Å²) in [5.41, 5.74) is 1.13. The predicted octanol–water partition coefficient (Wildman–Crippen LogP) is 3.58. The largest absolute Gasteiger partial charge is 0.355 e. The number of amides is 2. The summed E-state index contributed by atoms with van der Waals surface area (Å²) in [6.45, 7) is 4.05. The summed E-state index contributed by atoms with van der Waals surface area (Å²) in [4.78, 5) is 26.9. The maximum atomic E-state index is 13.3. The van der Waals surface area contributed by atoms with E-state index >= 15 is 0 Å². The first-order chi connectivity index (χ1) is 15.5. The van der Waals surface area contributed by atoms with Crippen molar-refractivity contribution in [3.63, 3.8) is 0 Å². The highest BCUT2D eigenvalue weighted by Crippen LogP contribution is 2.21. The van der Waals surface area contributed by atoms with Gasteiger partial charge in [0.2, 0.25) is 21.8 Å². The number of benzene rings is 2. The number of likely N-dealkylation sites (N-methyl/N-ethyl adjacent to an activating group) is 1. The SMILES string of the molecule is CCNC(=O)C(C)N(Cc1ccc(F)cc1)C(=O)CCCN(c1ccc(Cl)cc1)S(C)(=O)=O. The van der Waals surface area contributed by atoms with E-state index in [0.29, 0.717) is 22.8 Å². The zero-order valence-corrected chi connectivity index (χ0v) is 20.5.